The molecule has 0 aromatic heterocycles. The number of aryl methyl sites for hydroxylation is 1. The van der Waals surface area contributed by atoms with Crippen molar-refractivity contribution < 1.29 is 9.59 Å². The van der Waals surface area contributed by atoms with Crippen LogP contribution in [0.1, 0.15) is 55.2 Å². The molecule has 0 amide bonds. The molecule has 0 N–H and O–H groups in total. The molecular formula is C24H24Cl2O2. The van der Waals surface area contributed by atoms with Crippen LogP contribution in [0.25, 0.3) is 11.1 Å². The van der Waals surface area contributed by atoms with Gasteiger partial charge in [-0.05, 0) is 78.0 Å². The monoisotopic (exact) mass is 414 g/mol. The molecule has 0 saturated heterocycles. The number of rotatable bonds is 3. The normalized spacial score (nSPS) is 23.8. The molecule has 2 nitrogen and oxygen atoms in total. The van der Waals surface area contributed by atoms with Gasteiger partial charge in [-0.15, -0.1) is 0 Å². The van der Waals surface area contributed by atoms with Gasteiger partial charge in [-0.2, -0.15) is 0 Å². The van der Waals surface area contributed by atoms with Gasteiger partial charge in [0.2, 0.25) is 0 Å². The van der Waals surface area contributed by atoms with E-state index in [2.05, 4.69) is 6.92 Å². The maximum atomic E-state index is 13.1. The van der Waals surface area contributed by atoms with Crippen LogP contribution >= 0.6 is 23.2 Å². The lowest BCUT2D eigenvalue weighted by molar-refractivity contribution is -0.134. The van der Waals surface area contributed by atoms with Crippen LogP contribution in [0.2, 0.25) is 10.0 Å². The molecule has 2 aliphatic rings. The van der Waals surface area contributed by atoms with Gasteiger partial charge in [0, 0.05) is 12.8 Å². The molecule has 4 rings (SSSR count). The van der Waals surface area contributed by atoms with E-state index in [4.69, 9.17) is 23.2 Å². The molecule has 0 spiro atoms. The van der Waals surface area contributed by atoms with Crippen molar-refractivity contribution in [2.45, 2.75) is 52.4 Å². The molecule has 2 saturated carbocycles. The third-order valence-corrected chi connectivity index (χ3v) is 7.55. The molecule has 0 radical (unpaired) electrons. The lowest BCUT2D eigenvalue weighted by atomic mass is 9.69. The molecule has 146 valence electrons. The minimum atomic E-state index is -0.638. The summed E-state index contributed by atoms with van der Waals surface area (Å²) in [5.41, 5.74) is 4.95. The number of Topliss-reactive ketones (excluding diaryl/α,β-unsaturated/α-hetero) is 2. The molecule has 0 unspecified atom stereocenters. The number of carbonyl (C=O) groups excluding carboxylic acids is 2. The average Bonchev–Trinajstić information content (AvgIpc) is 3.38. The van der Waals surface area contributed by atoms with Crippen LogP contribution in [0.3, 0.4) is 0 Å². The summed E-state index contributed by atoms with van der Waals surface area (Å²) in [5, 5.41) is 0.999. The largest absolute Gasteiger partial charge is 0.299 e. The van der Waals surface area contributed by atoms with Crippen molar-refractivity contribution in [2.75, 3.05) is 0 Å². The highest BCUT2D eigenvalue weighted by Crippen LogP contribution is 2.56. The zero-order valence-corrected chi connectivity index (χ0v) is 18.0. The summed E-state index contributed by atoms with van der Waals surface area (Å²) >= 11 is 12.3. The second-order valence-electron chi connectivity index (χ2n) is 8.72. The van der Waals surface area contributed by atoms with Crippen molar-refractivity contribution in [3.05, 3.63) is 57.1 Å². The highest BCUT2D eigenvalue weighted by molar-refractivity contribution is 6.42. The first-order chi connectivity index (χ1) is 13.2. The quantitative estimate of drug-likeness (QED) is 0.522. The Bertz CT molecular complexity index is 970. The van der Waals surface area contributed by atoms with Crippen LogP contribution in [0.4, 0.5) is 0 Å². The molecule has 0 atom stereocenters. The van der Waals surface area contributed by atoms with E-state index in [0.717, 1.165) is 40.7 Å². The fourth-order valence-corrected chi connectivity index (χ4v) is 4.98. The average molecular weight is 415 g/mol. The number of hydrogen-bond acceptors (Lipinski definition) is 2. The Kier molecular flexibility index (Phi) is 4.92. The summed E-state index contributed by atoms with van der Waals surface area (Å²) in [6, 6.07) is 9.55. The van der Waals surface area contributed by atoms with Crippen molar-refractivity contribution in [3.63, 3.8) is 0 Å². The summed E-state index contributed by atoms with van der Waals surface area (Å²) in [6.45, 7) is 6.19. The maximum Gasteiger partial charge on any atom is 0.148 e. The summed E-state index contributed by atoms with van der Waals surface area (Å²) < 4.78 is 0. The first-order valence-corrected chi connectivity index (χ1v) is 10.6. The second kappa shape index (κ2) is 7.00. The van der Waals surface area contributed by atoms with Crippen LogP contribution in [-0.2, 0) is 9.59 Å². The van der Waals surface area contributed by atoms with Gasteiger partial charge in [-0.25, -0.2) is 0 Å². The van der Waals surface area contributed by atoms with Gasteiger partial charge in [0.05, 0.1) is 10.0 Å². The number of hydrogen-bond donors (Lipinski definition) is 0. The highest BCUT2D eigenvalue weighted by Gasteiger charge is 2.50. The topological polar surface area (TPSA) is 34.1 Å². The fourth-order valence-electron chi connectivity index (χ4n) is 4.68. The summed E-state index contributed by atoms with van der Waals surface area (Å²) in [5.74, 6) is -0.275. The van der Waals surface area contributed by atoms with E-state index in [0.29, 0.717) is 22.9 Å². The van der Waals surface area contributed by atoms with E-state index >= 15 is 0 Å². The fraction of sp³-hybridized carbons (Fsp3) is 0.417. The van der Waals surface area contributed by atoms with Gasteiger partial charge in [0.25, 0.3) is 0 Å². The zero-order valence-electron chi connectivity index (χ0n) is 16.4. The lowest BCUT2D eigenvalue weighted by Gasteiger charge is -2.32. The lowest BCUT2D eigenvalue weighted by Crippen LogP contribution is -2.35. The second-order valence-corrected chi connectivity index (χ2v) is 9.54. The van der Waals surface area contributed by atoms with Crippen LogP contribution in [-0.4, -0.2) is 11.6 Å². The van der Waals surface area contributed by atoms with Crippen molar-refractivity contribution in [3.8, 4) is 11.1 Å². The van der Waals surface area contributed by atoms with E-state index in [1.54, 1.807) is 6.07 Å². The van der Waals surface area contributed by atoms with Crippen molar-refractivity contribution in [1.29, 1.82) is 0 Å². The molecule has 2 aromatic rings. The van der Waals surface area contributed by atoms with Crippen LogP contribution in [0.15, 0.2) is 30.3 Å². The van der Waals surface area contributed by atoms with Crippen LogP contribution in [0, 0.1) is 25.2 Å². The van der Waals surface area contributed by atoms with E-state index in [-0.39, 0.29) is 22.9 Å². The Morgan fingerprint density at radius 3 is 2.14 bits per heavy atom. The molecule has 0 heterocycles. The molecule has 2 aliphatic carbocycles. The third kappa shape index (κ3) is 3.31. The SMILES string of the molecule is Cc1ccc(-c2ccc(Cl)c(Cl)c2)c(C)c1C1C(=O)CC(C2(C)CC2)CC1=O. The van der Waals surface area contributed by atoms with Gasteiger partial charge in [-0.1, -0.05) is 48.3 Å². The Labute approximate surface area is 176 Å². The molecular weight excluding hydrogens is 391 g/mol. The van der Waals surface area contributed by atoms with Crippen LogP contribution < -0.4 is 0 Å². The Morgan fingerprint density at radius 2 is 1.57 bits per heavy atom. The Hall–Kier alpha value is -1.64. The third-order valence-electron chi connectivity index (χ3n) is 6.82. The van der Waals surface area contributed by atoms with Gasteiger partial charge in [-0.3, -0.25) is 9.59 Å². The van der Waals surface area contributed by atoms with Gasteiger partial charge >= 0.3 is 0 Å². The first kappa shape index (κ1) is 19.7. The number of ketones is 2. The van der Waals surface area contributed by atoms with Crippen molar-refractivity contribution in [1.82, 2.24) is 0 Å². The molecule has 0 aliphatic heterocycles. The summed E-state index contributed by atoms with van der Waals surface area (Å²) in [6.07, 6.45) is 3.30. The van der Waals surface area contributed by atoms with E-state index in [1.807, 2.05) is 38.1 Å². The minimum Gasteiger partial charge on any atom is -0.299 e. The predicted octanol–water partition coefficient (Wildman–Crippen LogP) is 6.71. The highest BCUT2D eigenvalue weighted by atomic mass is 35.5. The minimum absolute atomic E-state index is 0.0758. The van der Waals surface area contributed by atoms with Crippen molar-refractivity contribution in [2.24, 2.45) is 11.3 Å². The molecule has 2 aromatic carbocycles. The van der Waals surface area contributed by atoms with Crippen molar-refractivity contribution >= 4 is 34.8 Å². The van der Waals surface area contributed by atoms with Gasteiger partial charge in [0.15, 0.2) is 0 Å². The van der Waals surface area contributed by atoms with Crippen LogP contribution in [0.5, 0.6) is 0 Å². The standard InChI is InChI=1S/C24H24Cl2O2/c1-13-4-6-17(15-5-7-18(25)19(26)10-15)14(2)22(13)23-20(27)11-16(12-21(23)28)24(3)8-9-24/h4-7,10,16,23H,8-9,11-12H2,1-3H3. The Morgan fingerprint density at radius 1 is 0.929 bits per heavy atom. The van der Waals surface area contributed by atoms with E-state index in [1.165, 1.54) is 0 Å². The summed E-state index contributed by atoms with van der Waals surface area (Å²) in [7, 11) is 0. The van der Waals surface area contributed by atoms with E-state index in [9.17, 15) is 9.59 Å². The molecule has 2 fully saturated rings. The number of halogens is 2. The molecule has 4 heteroatoms. The summed E-state index contributed by atoms with van der Waals surface area (Å²) in [4.78, 5) is 26.2. The smallest absolute Gasteiger partial charge is 0.148 e. The van der Waals surface area contributed by atoms with E-state index < -0.39 is 5.92 Å². The van der Waals surface area contributed by atoms with Gasteiger partial charge in [0.1, 0.15) is 17.5 Å². The zero-order chi connectivity index (χ0) is 20.2. The molecule has 28 heavy (non-hydrogen) atoms. The Balaban J connectivity index is 1.74. The number of carbonyl (C=O) groups is 2. The van der Waals surface area contributed by atoms with Gasteiger partial charge < -0.3 is 0 Å². The molecule has 0 bridgehead atoms. The number of benzene rings is 2. The maximum absolute atomic E-state index is 13.1. The predicted molar refractivity (Wildman–Crippen MR) is 114 cm³/mol. The first-order valence-electron chi connectivity index (χ1n) is 9.82.